The zero-order valence-corrected chi connectivity index (χ0v) is 18.9. The molecular weight excluding hydrogens is 456 g/mol. The molecule has 0 radical (unpaired) electrons. The highest BCUT2D eigenvalue weighted by Gasteiger charge is 2.31. The number of primary amides is 2. The van der Waals surface area contributed by atoms with E-state index in [9.17, 15) is 38.7 Å². The molecule has 0 aromatic carbocycles. The number of aliphatic carboxylic acids is 2. The summed E-state index contributed by atoms with van der Waals surface area (Å²) >= 11 is 0. The van der Waals surface area contributed by atoms with E-state index in [2.05, 4.69) is 16.0 Å². The predicted molar refractivity (Wildman–Crippen MR) is 115 cm³/mol. The first-order valence-electron chi connectivity index (χ1n) is 10.3. The van der Waals surface area contributed by atoms with E-state index in [4.69, 9.17) is 22.3 Å². The quantitative estimate of drug-likeness (QED) is 0.106. The summed E-state index contributed by atoms with van der Waals surface area (Å²) in [7, 11) is 0. The van der Waals surface area contributed by atoms with Crippen LogP contribution in [0.3, 0.4) is 0 Å². The lowest BCUT2D eigenvalue weighted by Gasteiger charge is -2.25. The Morgan fingerprint density at radius 1 is 0.735 bits per heavy atom. The van der Waals surface area contributed by atoms with Crippen LogP contribution in [0.4, 0.5) is 0 Å². The zero-order chi connectivity index (χ0) is 26.6. The number of rotatable bonds is 16. The normalized spacial score (nSPS) is 14.2. The van der Waals surface area contributed by atoms with Gasteiger partial charge in [0.1, 0.15) is 18.1 Å². The van der Waals surface area contributed by atoms with Gasteiger partial charge in [-0.2, -0.15) is 0 Å². The Balaban J connectivity index is 5.64. The van der Waals surface area contributed by atoms with Gasteiger partial charge >= 0.3 is 11.9 Å². The van der Waals surface area contributed by atoms with Crippen molar-refractivity contribution >= 4 is 41.5 Å². The highest BCUT2D eigenvalue weighted by atomic mass is 16.4. The molecule has 15 nitrogen and oxygen atoms in total. The van der Waals surface area contributed by atoms with Crippen LogP contribution in [0.15, 0.2) is 0 Å². The fraction of sp³-hybridized carbons (Fsp3) is 0.632. The van der Waals surface area contributed by atoms with Crippen LogP contribution in [-0.4, -0.2) is 75.9 Å². The van der Waals surface area contributed by atoms with Crippen molar-refractivity contribution in [1.29, 1.82) is 0 Å². The first kappa shape index (κ1) is 30.2. The van der Waals surface area contributed by atoms with E-state index in [1.807, 2.05) is 0 Å². The second-order valence-corrected chi connectivity index (χ2v) is 7.91. The molecule has 0 aromatic rings. The molecule has 0 aliphatic rings. The number of amides is 5. The minimum absolute atomic E-state index is 0.294. The molecule has 0 aliphatic carbocycles. The van der Waals surface area contributed by atoms with E-state index in [-0.39, 0.29) is 12.8 Å². The van der Waals surface area contributed by atoms with Gasteiger partial charge in [-0.3, -0.25) is 28.8 Å². The Morgan fingerprint density at radius 2 is 1.21 bits per heavy atom. The Morgan fingerprint density at radius 3 is 1.62 bits per heavy atom. The van der Waals surface area contributed by atoms with Gasteiger partial charge in [-0.05, 0) is 18.8 Å². The van der Waals surface area contributed by atoms with Crippen LogP contribution in [0, 0.1) is 5.92 Å². The molecule has 11 N–H and O–H groups in total. The highest BCUT2D eigenvalue weighted by Crippen LogP contribution is 2.07. The van der Waals surface area contributed by atoms with Gasteiger partial charge in [0, 0.05) is 12.8 Å². The number of carboxylic acids is 2. The Labute approximate surface area is 195 Å². The summed E-state index contributed by atoms with van der Waals surface area (Å²) in [5.74, 6) is -7.67. The number of carboxylic acid groups (broad SMARTS) is 2. The molecule has 4 unspecified atom stereocenters. The maximum atomic E-state index is 12.8. The summed E-state index contributed by atoms with van der Waals surface area (Å²) in [6, 6.07) is -5.61. The van der Waals surface area contributed by atoms with Crippen LogP contribution in [-0.2, 0) is 33.6 Å². The average molecular weight is 488 g/mol. The number of nitrogens with two attached hydrogens (primary N) is 3. The van der Waals surface area contributed by atoms with E-state index in [0.29, 0.717) is 0 Å². The van der Waals surface area contributed by atoms with Gasteiger partial charge in [-0.1, -0.05) is 13.8 Å². The summed E-state index contributed by atoms with van der Waals surface area (Å²) in [5, 5.41) is 24.9. The smallest absolute Gasteiger partial charge is 0.326 e. The standard InChI is InChI=1S/C19H32N6O9/c1-8(2)15(19(33)34)25-18(32)10(3-5-12(21)26)24-17(31)11(4-6-14(28)29)23-16(30)9(20)7-13(22)27/h8-11,15H,3-7,20H2,1-2H3,(H2,21,26)(H2,22,27)(H,23,30)(H,24,31)(H,25,32)(H,28,29)(H,33,34). The van der Waals surface area contributed by atoms with Gasteiger partial charge in [-0.15, -0.1) is 0 Å². The molecule has 0 heterocycles. The van der Waals surface area contributed by atoms with Crippen LogP contribution in [0.25, 0.3) is 0 Å². The lowest BCUT2D eigenvalue weighted by atomic mass is 10.0. The fourth-order valence-corrected chi connectivity index (χ4v) is 2.72. The molecule has 0 aromatic heterocycles. The van der Waals surface area contributed by atoms with Crippen molar-refractivity contribution in [3.8, 4) is 0 Å². The molecule has 5 amide bonds. The number of carbonyl (C=O) groups excluding carboxylic acids is 5. The van der Waals surface area contributed by atoms with Gasteiger partial charge < -0.3 is 43.4 Å². The molecule has 4 atom stereocenters. The van der Waals surface area contributed by atoms with E-state index in [0.717, 1.165) is 0 Å². The van der Waals surface area contributed by atoms with Crippen molar-refractivity contribution in [3.05, 3.63) is 0 Å². The third-order valence-corrected chi connectivity index (χ3v) is 4.58. The average Bonchev–Trinajstić information content (AvgIpc) is 2.70. The number of hydrogen-bond acceptors (Lipinski definition) is 8. The Bertz CT molecular complexity index is 801. The molecule has 192 valence electrons. The first-order chi connectivity index (χ1) is 15.6. The summed E-state index contributed by atoms with van der Waals surface area (Å²) in [6.45, 7) is 3.09. The summed E-state index contributed by atoms with van der Waals surface area (Å²) in [4.78, 5) is 82.1. The minimum Gasteiger partial charge on any atom is -0.481 e. The van der Waals surface area contributed by atoms with Crippen LogP contribution < -0.4 is 33.2 Å². The minimum atomic E-state index is -1.48. The summed E-state index contributed by atoms with van der Waals surface area (Å²) in [6.07, 6.45) is -2.11. The zero-order valence-electron chi connectivity index (χ0n) is 18.9. The van der Waals surface area contributed by atoms with E-state index < -0.39 is 90.8 Å². The maximum absolute atomic E-state index is 12.8. The topological polar surface area (TPSA) is 274 Å². The third-order valence-electron chi connectivity index (χ3n) is 4.58. The lowest BCUT2D eigenvalue weighted by molar-refractivity contribution is -0.143. The largest absolute Gasteiger partial charge is 0.481 e. The van der Waals surface area contributed by atoms with Gasteiger partial charge in [-0.25, -0.2) is 4.79 Å². The van der Waals surface area contributed by atoms with Gasteiger partial charge in [0.2, 0.25) is 29.5 Å². The fourth-order valence-electron chi connectivity index (χ4n) is 2.72. The predicted octanol–water partition coefficient (Wildman–Crippen LogP) is -3.49. The molecule has 0 aliphatic heterocycles. The molecule has 0 fully saturated rings. The second-order valence-electron chi connectivity index (χ2n) is 7.91. The molecule has 0 rings (SSSR count). The van der Waals surface area contributed by atoms with Crippen LogP contribution >= 0.6 is 0 Å². The number of carbonyl (C=O) groups is 7. The van der Waals surface area contributed by atoms with Crippen molar-refractivity contribution < 1.29 is 43.8 Å². The second kappa shape index (κ2) is 14.4. The van der Waals surface area contributed by atoms with Crippen molar-refractivity contribution in [2.45, 2.75) is 70.1 Å². The monoisotopic (exact) mass is 488 g/mol. The molecule has 0 saturated heterocycles. The van der Waals surface area contributed by atoms with E-state index >= 15 is 0 Å². The van der Waals surface area contributed by atoms with Gasteiger partial charge in [0.25, 0.3) is 0 Å². The SMILES string of the molecule is CC(C)C(NC(=O)C(CCC(N)=O)NC(=O)C(CCC(=O)O)NC(=O)C(N)CC(N)=O)C(=O)O. The molecule has 0 bridgehead atoms. The Kier molecular flexibility index (Phi) is 12.8. The maximum Gasteiger partial charge on any atom is 0.326 e. The molecule has 0 saturated carbocycles. The lowest BCUT2D eigenvalue weighted by Crippen LogP contribution is -2.58. The molecule has 15 heteroatoms. The molecule has 34 heavy (non-hydrogen) atoms. The first-order valence-corrected chi connectivity index (χ1v) is 10.3. The van der Waals surface area contributed by atoms with Crippen LogP contribution in [0.5, 0.6) is 0 Å². The van der Waals surface area contributed by atoms with Gasteiger partial charge in [0.05, 0.1) is 12.5 Å². The van der Waals surface area contributed by atoms with E-state index in [1.165, 1.54) is 0 Å². The molecular formula is C19H32N6O9. The highest BCUT2D eigenvalue weighted by molar-refractivity contribution is 5.95. The number of hydrogen-bond donors (Lipinski definition) is 8. The third kappa shape index (κ3) is 11.8. The van der Waals surface area contributed by atoms with E-state index in [1.54, 1.807) is 13.8 Å². The van der Waals surface area contributed by atoms with Crippen LogP contribution in [0.1, 0.15) is 46.0 Å². The van der Waals surface area contributed by atoms with Crippen LogP contribution in [0.2, 0.25) is 0 Å². The molecule has 0 spiro atoms. The van der Waals surface area contributed by atoms with Gasteiger partial charge in [0.15, 0.2) is 0 Å². The Hall–Kier alpha value is -3.75. The van der Waals surface area contributed by atoms with Crippen molar-refractivity contribution in [2.24, 2.45) is 23.1 Å². The van der Waals surface area contributed by atoms with Crippen molar-refractivity contribution in [1.82, 2.24) is 16.0 Å². The van der Waals surface area contributed by atoms with Crippen molar-refractivity contribution in [3.63, 3.8) is 0 Å². The summed E-state index contributed by atoms with van der Waals surface area (Å²) in [5.41, 5.74) is 15.6. The summed E-state index contributed by atoms with van der Waals surface area (Å²) < 4.78 is 0. The van der Waals surface area contributed by atoms with Crippen molar-refractivity contribution in [2.75, 3.05) is 0 Å². The number of nitrogens with one attached hydrogen (secondary N) is 3.